The van der Waals surface area contributed by atoms with E-state index >= 15 is 0 Å². The monoisotopic (exact) mass is 255 g/mol. The van der Waals surface area contributed by atoms with Crippen molar-refractivity contribution in [2.24, 2.45) is 12.9 Å². The SMILES string of the molecule is Cc1nn(C)c2c1cnc1ccc(C(=O)NN)cc12. The standard InChI is InChI=1S/C13H13N5O/c1-7-10-6-15-11-4-3-8(13(19)16-14)5-9(11)12(10)18(2)17-7/h3-6H,14H2,1-2H3,(H,16,19). The normalized spacial score (nSPS) is 11.1. The Balaban J connectivity index is 2.42. The number of carbonyl (C=O) groups is 1. The number of pyridine rings is 1. The zero-order chi connectivity index (χ0) is 13.6. The van der Waals surface area contributed by atoms with Crippen LogP contribution < -0.4 is 11.3 Å². The number of aryl methyl sites for hydroxylation is 2. The van der Waals surface area contributed by atoms with Crippen LogP contribution >= 0.6 is 0 Å². The fourth-order valence-corrected chi connectivity index (χ4v) is 2.35. The number of rotatable bonds is 1. The highest BCUT2D eigenvalue weighted by Crippen LogP contribution is 2.25. The fraction of sp³-hybridized carbons (Fsp3) is 0.154. The van der Waals surface area contributed by atoms with Crippen molar-refractivity contribution in [3.63, 3.8) is 0 Å². The van der Waals surface area contributed by atoms with Crippen molar-refractivity contribution in [2.75, 3.05) is 0 Å². The van der Waals surface area contributed by atoms with Crippen molar-refractivity contribution in [3.05, 3.63) is 35.7 Å². The van der Waals surface area contributed by atoms with Gasteiger partial charge in [-0.3, -0.25) is 19.9 Å². The second kappa shape index (κ2) is 4.03. The summed E-state index contributed by atoms with van der Waals surface area (Å²) >= 11 is 0. The number of nitrogen functional groups attached to an aromatic ring is 1. The number of nitrogens with two attached hydrogens (primary N) is 1. The van der Waals surface area contributed by atoms with E-state index in [1.807, 2.05) is 26.2 Å². The van der Waals surface area contributed by atoms with Crippen LogP contribution in [0, 0.1) is 6.92 Å². The van der Waals surface area contributed by atoms with Crippen molar-refractivity contribution in [3.8, 4) is 0 Å². The lowest BCUT2D eigenvalue weighted by molar-refractivity contribution is 0.0954. The average molecular weight is 255 g/mol. The van der Waals surface area contributed by atoms with Gasteiger partial charge in [0, 0.05) is 29.6 Å². The Morgan fingerprint density at radius 3 is 2.89 bits per heavy atom. The number of hydrogen-bond donors (Lipinski definition) is 2. The summed E-state index contributed by atoms with van der Waals surface area (Å²) in [6.07, 6.45) is 1.81. The molecule has 0 saturated carbocycles. The third-order valence-electron chi connectivity index (χ3n) is 3.25. The molecule has 3 N–H and O–H groups in total. The van der Waals surface area contributed by atoms with Crippen LogP contribution in [0.3, 0.4) is 0 Å². The van der Waals surface area contributed by atoms with Crippen LogP contribution in [0.15, 0.2) is 24.4 Å². The van der Waals surface area contributed by atoms with Crippen LogP contribution in [0.25, 0.3) is 21.8 Å². The quantitative estimate of drug-likeness (QED) is 0.386. The first-order chi connectivity index (χ1) is 9.11. The minimum atomic E-state index is -0.321. The number of nitrogens with zero attached hydrogens (tertiary/aromatic N) is 3. The average Bonchev–Trinajstić information content (AvgIpc) is 2.72. The molecule has 6 heteroatoms. The Labute approximate surface area is 109 Å². The third kappa shape index (κ3) is 1.65. The van der Waals surface area contributed by atoms with Crippen molar-refractivity contribution >= 4 is 27.7 Å². The maximum Gasteiger partial charge on any atom is 0.265 e. The Kier molecular flexibility index (Phi) is 2.46. The molecule has 0 aliphatic heterocycles. The minimum Gasteiger partial charge on any atom is -0.290 e. The van der Waals surface area contributed by atoms with Gasteiger partial charge in [0.25, 0.3) is 5.91 Å². The first-order valence-electron chi connectivity index (χ1n) is 5.85. The lowest BCUT2D eigenvalue weighted by Gasteiger charge is -2.04. The zero-order valence-electron chi connectivity index (χ0n) is 10.6. The fourth-order valence-electron chi connectivity index (χ4n) is 2.35. The Bertz CT molecular complexity index is 806. The zero-order valence-corrected chi connectivity index (χ0v) is 10.6. The summed E-state index contributed by atoms with van der Waals surface area (Å²) in [5.41, 5.74) is 5.34. The van der Waals surface area contributed by atoms with Gasteiger partial charge in [-0.15, -0.1) is 0 Å². The predicted molar refractivity (Wildman–Crippen MR) is 72.4 cm³/mol. The Morgan fingerprint density at radius 1 is 1.37 bits per heavy atom. The van der Waals surface area contributed by atoms with Crippen LogP contribution in [0.5, 0.6) is 0 Å². The van der Waals surface area contributed by atoms with Crippen molar-refractivity contribution in [1.82, 2.24) is 20.2 Å². The van der Waals surface area contributed by atoms with Crippen LogP contribution in [0.2, 0.25) is 0 Å². The summed E-state index contributed by atoms with van der Waals surface area (Å²) in [6, 6.07) is 5.29. The number of fused-ring (bicyclic) bond motifs is 3. The van der Waals surface area contributed by atoms with Gasteiger partial charge in [-0.05, 0) is 25.1 Å². The van der Waals surface area contributed by atoms with E-state index < -0.39 is 0 Å². The highest BCUT2D eigenvalue weighted by molar-refractivity contribution is 6.07. The molecule has 1 aromatic carbocycles. The molecule has 0 radical (unpaired) electrons. The highest BCUT2D eigenvalue weighted by atomic mass is 16.2. The molecular formula is C13H13N5O. The van der Waals surface area contributed by atoms with Crippen LogP contribution in [-0.2, 0) is 7.05 Å². The van der Waals surface area contributed by atoms with Gasteiger partial charge in [0.1, 0.15) is 0 Å². The molecule has 2 heterocycles. The summed E-state index contributed by atoms with van der Waals surface area (Å²) < 4.78 is 1.80. The molecule has 0 spiro atoms. The number of carbonyl (C=O) groups excluding carboxylic acids is 1. The first-order valence-corrected chi connectivity index (χ1v) is 5.85. The third-order valence-corrected chi connectivity index (χ3v) is 3.25. The van der Waals surface area contributed by atoms with E-state index in [0.717, 1.165) is 27.5 Å². The molecule has 6 nitrogen and oxygen atoms in total. The summed E-state index contributed by atoms with van der Waals surface area (Å²) in [6.45, 7) is 1.94. The number of amides is 1. The minimum absolute atomic E-state index is 0.321. The molecule has 2 aromatic heterocycles. The van der Waals surface area contributed by atoms with E-state index in [4.69, 9.17) is 5.84 Å². The molecule has 1 amide bonds. The number of aromatic nitrogens is 3. The van der Waals surface area contributed by atoms with E-state index in [2.05, 4.69) is 15.5 Å². The van der Waals surface area contributed by atoms with Gasteiger partial charge >= 0.3 is 0 Å². The molecule has 0 aliphatic rings. The lowest BCUT2D eigenvalue weighted by atomic mass is 10.1. The van der Waals surface area contributed by atoms with Crippen LogP contribution in [0.4, 0.5) is 0 Å². The molecule has 0 bridgehead atoms. The molecule has 3 rings (SSSR count). The number of benzene rings is 1. The molecule has 0 aliphatic carbocycles. The smallest absolute Gasteiger partial charge is 0.265 e. The maximum absolute atomic E-state index is 11.6. The van der Waals surface area contributed by atoms with Gasteiger partial charge in [0.05, 0.1) is 16.7 Å². The molecular weight excluding hydrogens is 242 g/mol. The van der Waals surface area contributed by atoms with E-state index in [0.29, 0.717) is 5.56 Å². The van der Waals surface area contributed by atoms with Crippen molar-refractivity contribution < 1.29 is 4.79 Å². The van der Waals surface area contributed by atoms with Crippen LogP contribution in [0.1, 0.15) is 16.1 Å². The van der Waals surface area contributed by atoms with E-state index in [-0.39, 0.29) is 5.91 Å². The second-order valence-electron chi connectivity index (χ2n) is 4.43. The number of hydrogen-bond acceptors (Lipinski definition) is 4. The molecule has 0 fully saturated rings. The molecule has 0 unspecified atom stereocenters. The van der Waals surface area contributed by atoms with Gasteiger partial charge in [-0.1, -0.05) is 0 Å². The lowest BCUT2D eigenvalue weighted by Crippen LogP contribution is -2.29. The summed E-state index contributed by atoms with van der Waals surface area (Å²) in [5.74, 6) is 4.84. The van der Waals surface area contributed by atoms with Crippen LogP contribution in [-0.4, -0.2) is 20.7 Å². The molecule has 0 atom stereocenters. The summed E-state index contributed by atoms with van der Waals surface area (Å²) in [7, 11) is 1.88. The van der Waals surface area contributed by atoms with Gasteiger partial charge < -0.3 is 0 Å². The molecule has 96 valence electrons. The highest BCUT2D eigenvalue weighted by Gasteiger charge is 2.12. The Hall–Kier alpha value is -2.47. The van der Waals surface area contributed by atoms with Crippen molar-refractivity contribution in [1.29, 1.82) is 0 Å². The van der Waals surface area contributed by atoms with E-state index in [1.54, 1.807) is 16.8 Å². The summed E-state index contributed by atoms with van der Waals surface area (Å²) in [4.78, 5) is 16.0. The molecule has 0 saturated heterocycles. The van der Waals surface area contributed by atoms with E-state index in [9.17, 15) is 4.79 Å². The number of hydrazine groups is 1. The first kappa shape index (κ1) is 11.6. The largest absolute Gasteiger partial charge is 0.290 e. The summed E-state index contributed by atoms with van der Waals surface area (Å²) in [5, 5.41) is 6.26. The predicted octanol–water partition coefficient (Wildman–Crippen LogP) is 1.03. The maximum atomic E-state index is 11.6. The molecule has 19 heavy (non-hydrogen) atoms. The van der Waals surface area contributed by atoms with Crippen molar-refractivity contribution in [2.45, 2.75) is 6.92 Å². The van der Waals surface area contributed by atoms with Gasteiger partial charge in [-0.2, -0.15) is 5.10 Å². The van der Waals surface area contributed by atoms with Gasteiger partial charge in [0.2, 0.25) is 0 Å². The topological polar surface area (TPSA) is 85.8 Å². The molecule has 3 aromatic rings. The van der Waals surface area contributed by atoms with Gasteiger partial charge in [-0.25, -0.2) is 5.84 Å². The number of nitrogens with one attached hydrogen (secondary N) is 1. The van der Waals surface area contributed by atoms with E-state index in [1.165, 1.54) is 0 Å². The Morgan fingerprint density at radius 2 is 2.16 bits per heavy atom. The second-order valence-corrected chi connectivity index (χ2v) is 4.43. The van der Waals surface area contributed by atoms with Gasteiger partial charge in [0.15, 0.2) is 0 Å².